The zero-order chi connectivity index (χ0) is 27.6. The highest BCUT2D eigenvalue weighted by atomic mass is 32.1. The summed E-state index contributed by atoms with van der Waals surface area (Å²) in [4.78, 5) is 56.6. The van der Waals surface area contributed by atoms with E-state index in [-0.39, 0.29) is 17.5 Å². The Bertz CT molecular complexity index is 1290. The molecule has 204 valence electrons. The van der Waals surface area contributed by atoms with Crippen LogP contribution < -0.4 is 21.3 Å². The quantitative estimate of drug-likeness (QED) is 0.379. The first kappa shape index (κ1) is 27.8. The second kappa shape index (κ2) is 13.6. The third-order valence-electron chi connectivity index (χ3n) is 6.32. The molecule has 4 rings (SSSR count). The van der Waals surface area contributed by atoms with E-state index in [0.29, 0.717) is 49.4 Å². The molecule has 0 saturated heterocycles. The van der Waals surface area contributed by atoms with Gasteiger partial charge in [0.05, 0.1) is 6.04 Å². The number of nitrogens with one attached hydrogen (secondary N) is 4. The summed E-state index contributed by atoms with van der Waals surface area (Å²) < 4.78 is 0. The number of hydrogen-bond donors (Lipinski definition) is 4. The van der Waals surface area contributed by atoms with Crippen molar-refractivity contribution in [3.63, 3.8) is 0 Å². The lowest BCUT2D eigenvalue weighted by Gasteiger charge is -2.24. The normalized spacial score (nSPS) is 20.8. The molecular formula is C27H31N7O4S. The zero-order valence-corrected chi connectivity index (χ0v) is 22.4. The van der Waals surface area contributed by atoms with E-state index >= 15 is 0 Å². The van der Waals surface area contributed by atoms with Gasteiger partial charge in [-0.15, -0.1) is 16.4 Å². The molecule has 0 spiro atoms. The summed E-state index contributed by atoms with van der Waals surface area (Å²) in [6, 6.07) is 10.5. The topological polar surface area (TPSA) is 155 Å². The second-order valence-electron chi connectivity index (χ2n) is 9.18. The Morgan fingerprint density at radius 2 is 1.82 bits per heavy atom. The van der Waals surface area contributed by atoms with Gasteiger partial charge in [0.25, 0.3) is 11.8 Å². The number of rotatable bonds is 5. The Kier molecular flexibility index (Phi) is 9.68. The lowest BCUT2D eigenvalue weighted by molar-refractivity contribution is -0.130. The fourth-order valence-electron chi connectivity index (χ4n) is 4.19. The van der Waals surface area contributed by atoms with Crippen LogP contribution in [0.4, 0.5) is 0 Å². The molecule has 12 heteroatoms. The third-order valence-corrected chi connectivity index (χ3v) is 7.28. The van der Waals surface area contributed by atoms with Crippen molar-refractivity contribution in [2.24, 2.45) is 0 Å². The van der Waals surface area contributed by atoms with Crippen LogP contribution in [0.3, 0.4) is 0 Å². The summed E-state index contributed by atoms with van der Waals surface area (Å²) in [6.45, 7) is 2.19. The van der Waals surface area contributed by atoms with Crippen LogP contribution in [0, 0.1) is 0 Å². The van der Waals surface area contributed by atoms with E-state index in [1.54, 1.807) is 18.4 Å². The van der Waals surface area contributed by atoms with Crippen LogP contribution in [0.15, 0.2) is 54.0 Å². The van der Waals surface area contributed by atoms with Gasteiger partial charge < -0.3 is 21.3 Å². The van der Waals surface area contributed by atoms with Crippen LogP contribution >= 0.6 is 11.3 Å². The molecule has 2 bridgehead atoms. The summed E-state index contributed by atoms with van der Waals surface area (Å²) >= 11 is 1.30. The summed E-state index contributed by atoms with van der Waals surface area (Å²) in [5.74, 6) is -1.68. The number of thiazole rings is 1. The van der Waals surface area contributed by atoms with Crippen LogP contribution in [0.5, 0.6) is 0 Å². The van der Waals surface area contributed by atoms with Crippen molar-refractivity contribution < 1.29 is 19.2 Å². The summed E-state index contributed by atoms with van der Waals surface area (Å²) in [5.41, 5.74) is 1.37. The Balaban J connectivity index is 1.57. The molecule has 11 nitrogen and oxygen atoms in total. The largest absolute Gasteiger partial charge is 0.351 e. The number of carbonyl (C=O) groups is 4. The predicted molar refractivity (Wildman–Crippen MR) is 145 cm³/mol. The summed E-state index contributed by atoms with van der Waals surface area (Å²) in [5, 5.41) is 21.2. The van der Waals surface area contributed by atoms with Crippen molar-refractivity contribution in [2.75, 3.05) is 6.54 Å². The third kappa shape index (κ3) is 7.66. The smallest absolute Gasteiger partial charge is 0.272 e. The highest BCUT2D eigenvalue weighted by molar-refractivity contribution is 7.09. The number of benzene rings is 1. The Morgan fingerprint density at radius 3 is 2.56 bits per heavy atom. The molecule has 0 saturated carbocycles. The molecule has 4 amide bonds. The van der Waals surface area contributed by atoms with Gasteiger partial charge in [-0.25, -0.2) is 4.98 Å². The molecule has 0 aliphatic carbocycles. The Morgan fingerprint density at radius 1 is 1.03 bits per heavy atom. The van der Waals surface area contributed by atoms with Crippen molar-refractivity contribution in [3.8, 4) is 0 Å². The number of amides is 4. The molecule has 1 aliphatic heterocycles. The van der Waals surface area contributed by atoms with Crippen LogP contribution in [-0.4, -0.2) is 57.4 Å². The van der Waals surface area contributed by atoms with Gasteiger partial charge in [0.1, 0.15) is 22.8 Å². The molecule has 0 radical (unpaired) electrons. The number of nitrogens with zero attached hydrogens (tertiary/aromatic N) is 3. The molecule has 3 heterocycles. The molecule has 1 aliphatic rings. The molecule has 3 atom stereocenters. The van der Waals surface area contributed by atoms with Gasteiger partial charge in [0.2, 0.25) is 11.8 Å². The van der Waals surface area contributed by atoms with E-state index in [4.69, 9.17) is 0 Å². The molecular weight excluding hydrogens is 518 g/mol. The van der Waals surface area contributed by atoms with Crippen LogP contribution in [0.1, 0.15) is 70.2 Å². The number of fused-ring (bicyclic) bond motifs is 2. The van der Waals surface area contributed by atoms with Gasteiger partial charge in [0.15, 0.2) is 5.69 Å². The van der Waals surface area contributed by atoms with Crippen molar-refractivity contribution in [1.82, 2.24) is 36.4 Å². The van der Waals surface area contributed by atoms with Gasteiger partial charge in [-0.2, -0.15) is 5.10 Å². The van der Waals surface area contributed by atoms with Gasteiger partial charge in [-0.1, -0.05) is 37.3 Å². The highest BCUT2D eigenvalue weighted by Gasteiger charge is 2.29. The monoisotopic (exact) mass is 549 g/mol. The first-order chi connectivity index (χ1) is 18.9. The molecule has 0 unspecified atom stereocenters. The second-order valence-corrected chi connectivity index (χ2v) is 10.1. The van der Waals surface area contributed by atoms with E-state index in [0.717, 1.165) is 5.56 Å². The molecule has 4 N–H and O–H groups in total. The van der Waals surface area contributed by atoms with E-state index in [1.807, 2.05) is 30.3 Å². The Hall–Kier alpha value is -4.19. The lowest BCUT2D eigenvalue weighted by Crippen LogP contribution is -2.54. The maximum Gasteiger partial charge on any atom is 0.272 e. The van der Waals surface area contributed by atoms with Crippen molar-refractivity contribution in [1.29, 1.82) is 0 Å². The van der Waals surface area contributed by atoms with Crippen molar-refractivity contribution in [2.45, 2.75) is 57.2 Å². The first-order valence-electron chi connectivity index (χ1n) is 12.9. The number of hydrogen-bond acceptors (Lipinski definition) is 8. The molecule has 39 heavy (non-hydrogen) atoms. The standard InChI is InChI=1S/C27H31N7O4S/c1-2-18-24(36)32-21(15-17-9-4-3-5-10-17)27-33-22(16-39-27)23(35)28-13-7-6-11-19(25(37)30-18)31-26(38)20-12-8-14-29-34-20/h3-5,8-10,12,14,16,18-19,21H,2,6-7,11,13,15H2,1H3,(H,28,35)(H,30,37)(H,31,38)(H,32,36)/t18-,19+,21+/m1/s1. The van der Waals surface area contributed by atoms with Crippen LogP contribution in [0.25, 0.3) is 0 Å². The van der Waals surface area contributed by atoms with E-state index in [2.05, 4.69) is 36.4 Å². The average Bonchev–Trinajstić information content (AvgIpc) is 3.45. The van der Waals surface area contributed by atoms with Crippen molar-refractivity contribution in [3.05, 3.63) is 76.0 Å². The fraction of sp³-hybridized carbons (Fsp3) is 0.370. The predicted octanol–water partition coefficient (Wildman–Crippen LogP) is 1.94. The maximum atomic E-state index is 13.4. The van der Waals surface area contributed by atoms with Gasteiger partial charge in [0, 0.05) is 18.1 Å². The minimum Gasteiger partial charge on any atom is -0.351 e. The van der Waals surface area contributed by atoms with Gasteiger partial charge in [-0.3, -0.25) is 19.2 Å². The lowest BCUT2D eigenvalue weighted by atomic mass is 10.0. The molecule has 0 fully saturated rings. The minimum absolute atomic E-state index is 0.0836. The zero-order valence-electron chi connectivity index (χ0n) is 21.6. The molecule has 2 aromatic heterocycles. The van der Waals surface area contributed by atoms with Gasteiger partial charge >= 0.3 is 0 Å². The fourth-order valence-corrected chi connectivity index (χ4v) is 5.04. The number of carbonyl (C=O) groups excluding carboxylic acids is 4. The first-order valence-corrected chi connectivity index (χ1v) is 13.8. The Labute approximate surface area is 230 Å². The van der Waals surface area contributed by atoms with Crippen LogP contribution in [-0.2, 0) is 16.0 Å². The summed E-state index contributed by atoms with van der Waals surface area (Å²) in [7, 11) is 0. The highest BCUT2D eigenvalue weighted by Crippen LogP contribution is 2.23. The molecule has 3 aromatic rings. The number of aromatic nitrogens is 3. The SMILES string of the molecule is CC[C@H]1NC(=O)[C@@H](NC(=O)c2cccnn2)CCCCNC(=O)c2csc(n2)[C@H](Cc2ccccc2)NC1=O. The van der Waals surface area contributed by atoms with E-state index in [1.165, 1.54) is 23.6 Å². The minimum atomic E-state index is -0.899. The van der Waals surface area contributed by atoms with Gasteiger partial charge in [-0.05, 0) is 49.8 Å². The van der Waals surface area contributed by atoms with Crippen molar-refractivity contribution >= 4 is 35.0 Å². The average molecular weight is 550 g/mol. The van der Waals surface area contributed by atoms with E-state index in [9.17, 15) is 19.2 Å². The molecule has 1 aromatic carbocycles. The van der Waals surface area contributed by atoms with E-state index < -0.39 is 29.9 Å². The van der Waals surface area contributed by atoms with Crippen LogP contribution in [0.2, 0.25) is 0 Å². The maximum absolute atomic E-state index is 13.4. The summed E-state index contributed by atoms with van der Waals surface area (Å²) in [6.07, 6.45) is 3.69.